The summed E-state index contributed by atoms with van der Waals surface area (Å²) in [4.78, 5) is 40.0. The van der Waals surface area contributed by atoms with Crippen molar-refractivity contribution in [2.75, 3.05) is 22.9 Å². The van der Waals surface area contributed by atoms with Gasteiger partial charge in [-0.3, -0.25) is 14.4 Å². The summed E-state index contributed by atoms with van der Waals surface area (Å²) in [5, 5.41) is 2.63. The minimum Gasteiger partial charge on any atom is -0.352 e. The van der Waals surface area contributed by atoms with Gasteiger partial charge in [-0.1, -0.05) is 6.07 Å². The Balaban J connectivity index is 1.42. The van der Waals surface area contributed by atoms with E-state index in [-0.39, 0.29) is 42.8 Å². The Kier molecular flexibility index (Phi) is 5.24. The Bertz CT molecular complexity index is 1040. The van der Waals surface area contributed by atoms with Crippen LogP contribution < -0.4 is 15.1 Å². The maximum absolute atomic E-state index is 13.7. The molecule has 2 aliphatic rings. The first kappa shape index (κ1) is 20.0. The molecular weight excluding hydrogens is 392 g/mol. The van der Waals surface area contributed by atoms with Crippen LogP contribution in [0, 0.1) is 17.6 Å². The number of halogens is 2. The third kappa shape index (κ3) is 3.77. The maximum Gasteiger partial charge on any atom is 0.227 e. The highest BCUT2D eigenvalue weighted by atomic mass is 19.1. The third-order valence-electron chi connectivity index (χ3n) is 5.61. The zero-order chi connectivity index (χ0) is 21.4. The van der Waals surface area contributed by atoms with Crippen LogP contribution in [0.4, 0.5) is 20.2 Å². The van der Waals surface area contributed by atoms with Gasteiger partial charge in [-0.2, -0.15) is 0 Å². The molecular formula is C22H21F2N3O3. The average molecular weight is 413 g/mol. The molecule has 1 N–H and O–H groups in total. The zero-order valence-electron chi connectivity index (χ0n) is 16.5. The highest BCUT2D eigenvalue weighted by molar-refractivity contribution is 6.01. The lowest BCUT2D eigenvalue weighted by molar-refractivity contribution is -0.126. The van der Waals surface area contributed by atoms with E-state index in [2.05, 4.69) is 5.32 Å². The Morgan fingerprint density at radius 1 is 1.17 bits per heavy atom. The van der Waals surface area contributed by atoms with Gasteiger partial charge in [-0.25, -0.2) is 8.78 Å². The van der Waals surface area contributed by atoms with E-state index in [1.54, 1.807) is 15.9 Å². The van der Waals surface area contributed by atoms with Crippen molar-refractivity contribution in [2.45, 2.75) is 26.3 Å². The number of benzene rings is 2. The standard InChI is InChI=1S/C22H21F2N3O3/c1-13(28)26-7-6-14-8-18(4-5-20(14)26)27-12-16(9-21(27)29)22(30)25-11-15-2-3-17(23)10-19(15)24/h2-5,8,10,16H,6-7,9,11-12H2,1H3,(H,25,30)/t16-/m0/s1. The number of hydrogen-bond donors (Lipinski definition) is 1. The normalized spacial score (nSPS) is 18.0. The summed E-state index contributed by atoms with van der Waals surface area (Å²) >= 11 is 0. The third-order valence-corrected chi connectivity index (χ3v) is 5.61. The molecule has 0 bridgehead atoms. The van der Waals surface area contributed by atoms with E-state index in [1.807, 2.05) is 12.1 Å². The van der Waals surface area contributed by atoms with Crippen LogP contribution in [0.5, 0.6) is 0 Å². The molecule has 3 amide bonds. The Labute approximate surface area is 172 Å². The lowest BCUT2D eigenvalue weighted by Gasteiger charge is -2.19. The Morgan fingerprint density at radius 3 is 2.70 bits per heavy atom. The van der Waals surface area contributed by atoms with E-state index >= 15 is 0 Å². The molecule has 0 spiro atoms. The molecule has 2 aliphatic heterocycles. The molecule has 2 heterocycles. The first-order valence-corrected chi connectivity index (χ1v) is 9.76. The number of carbonyl (C=O) groups is 3. The van der Waals surface area contributed by atoms with Gasteiger partial charge < -0.3 is 15.1 Å². The molecule has 6 nitrogen and oxygen atoms in total. The lowest BCUT2D eigenvalue weighted by Crippen LogP contribution is -2.32. The molecule has 0 radical (unpaired) electrons. The van der Waals surface area contributed by atoms with Crippen molar-refractivity contribution in [2.24, 2.45) is 5.92 Å². The fraction of sp³-hybridized carbons (Fsp3) is 0.318. The van der Waals surface area contributed by atoms with E-state index in [0.717, 1.165) is 29.8 Å². The Hall–Kier alpha value is -3.29. The summed E-state index contributed by atoms with van der Waals surface area (Å²) < 4.78 is 26.7. The fourth-order valence-corrected chi connectivity index (χ4v) is 4.01. The molecule has 2 aromatic rings. The summed E-state index contributed by atoms with van der Waals surface area (Å²) in [6.45, 7) is 2.29. The lowest BCUT2D eigenvalue weighted by atomic mass is 10.1. The number of carbonyl (C=O) groups excluding carboxylic acids is 3. The van der Waals surface area contributed by atoms with E-state index in [4.69, 9.17) is 0 Å². The van der Waals surface area contributed by atoms with Gasteiger partial charge in [0.1, 0.15) is 11.6 Å². The number of nitrogens with one attached hydrogen (secondary N) is 1. The summed E-state index contributed by atoms with van der Waals surface area (Å²) in [6, 6.07) is 8.69. The second-order valence-corrected chi connectivity index (χ2v) is 7.59. The highest BCUT2D eigenvalue weighted by Crippen LogP contribution is 2.34. The van der Waals surface area contributed by atoms with Crippen LogP contribution in [-0.4, -0.2) is 30.8 Å². The van der Waals surface area contributed by atoms with Gasteiger partial charge in [0.2, 0.25) is 17.7 Å². The van der Waals surface area contributed by atoms with Crippen LogP contribution in [-0.2, 0) is 27.3 Å². The van der Waals surface area contributed by atoms with Crippen molar-refractivity contribution < 1.29 is 23.2 Å². The first-order chi connectivity index (χ1) is 14.3. The van der Waals surface area contributed by atoms with Crippen molar-refractivity contribution in [1.29, 1.82) is 0 Å². The predicted octanol–water partition coefficient (Wildman–Crippen LogP) is 2.54. The largest absolute Gasteiger partial charge is 0.352 e. The minimum atomic E-state index is -0.725. The summed E-state index contributed by atoms with van der Waals surface area (Å²) in [5.41, 5.74) is 2.73. The van der Waals surface area contributed by atoms with Gasteiger partial charge in [-0.05, 0) is 36.2 Å². The average Bonchev–Trinajstić information content (AvgIpc) is 3.30. The molecule has 156 valence electrons. The van der Waals surface area contributed by atoms with Crippen molar-refractivity contribution in [3.63, 3.8) is 0 Å². The monoisotopic (exact) mass is 413 g/mol. The van der Waals surface area contributed by atoms with Gasteiger partial charge in [-0.15, -0.1) is 0 Å². The number of nitrogens with zero attached hydrogens (tertiary/aromatic N) is 2. The highest BCUT2D eigenvalue weighted by Gasteiger charge is 2.35. The van der Waals surface area contributed by atoms with Crippen LogP contribution in [0.15, 0.2) is 36.4 Å². The molecule has 4 rings (SSSR count). The zero-order valence-corrected chi connectivity index (χ0v) is 16.5. The summed E-state index contributed by atoms with van der Waals surface area (Å²) in [5.74, 6) is -2.49. The van der Waals surface area contributed by atoms with Gasteiger partial charge in [0.25, 0.3) is 0 Å². The van der Waals surface area contributed by atoms with Gasteiger partial charge in [0, 0.05) is 56.0 Å². The number of anilines is 2. The second-order valence-electron chi connectivity index (χ2n) is 7.59. The van der Waals surface area contributed by atoms with Gasteiger partial charge >= 0.3 is 0 Å². The van der Waals surface area contributed by atoms with Crippen molar-refractivity contribution in [3.05, 3.63) is 59.2 Å². The fourth-order valence-electron chi connectivity index (χ4n) is 4.01. The summed E-state index contributed by atoms with van der Waals surface area (Å²) in [6.07, 6.45) is 0.784. The molecule has 2 aromatic carbocycles. The van der Waals surface area contributed by atoms with Crippen LogP contribution in [0.3, 0.4) is 0 Å². The number of hydrogen-bond acceptors (Lipinski definition) is 3. The maximum atomic E-state index is 13.7. The van der Waals surface area contributed by atoms with E-state index in [1.165, 1.54) is 13.0 Å². The first-order valence-electron chi connectivity index (χ1n) is 9.76. The molecule has 0 unspecified atom stereocenters. The van der Waals surface area contributed by atoms with E-state index in [9.17, 15) is 23.2 Å². The van der Waals surface area contributed by atoms with Gasteiger partial charge in [0.15, 0.2) is 0 Å². The molecule has 30 heavy (non-hydrogen) atoms. The topological polar surface area (TPSA) is 69.7 Å². The van der Waals surface area contributed by atoms with Crippen molar-refractivity contribution in [1.82, 2.24) is 5.32 Å². The smallest absolute Gasteiger partial charge is 0.227 e. The molecule has 8 heteroatoms. The van der Waals surface area contributed by atoms with Crippen LogP contribution in [0.2, 0.25) is 0 Å². The quantitative estimate of drug-likeness (QED) is 0.838. The summed E-state index contributed by atoms with van der Waals surface area (Å²) in [7, 11) is 0. The van der Waals surface area contributed by atoms with Gasteiger partial charge in [0.05, 0.1) is 5.92 Å². The molecule has 0 aliphatic carbocycles. The van der Waals surface area contributed by atoms with E-state index in [0.29, 0.717) is 12.2 Å². The van der Waals surface area contributed by atoms with Crippen LogP contribution in [0.1, 0.15) is 24.5 Å². The molecule has 0 aromatic heterocycles. The predicted molar refractivity (Wildman–Crippen MR) is 107 cm³/mol. The van der Waals surface area contributed by atoms with E-state index < -0.39 is 17.6 Å². The number of fused-ring (bicyclic) bond motifs is 1. The number of rotatable bonds is 4. The number of amides is 3. The second kappa shape index (κ2) is 7.85. The molecule has 1 fully saturated rings. The molecule has 0 saturated carbocycles. The molecule has 1 atom stereocenters. The minimum absolute atomic E-state index is 0.0203. The van der Waals surface area contributed by atoms with Crippen LogP contribution >= 0.6 is 0 Å². The molecule has 1 saturated heterocycles. The Morgan fingerprint density at radius 2 is 1.97 bits per heavy atom. The van der Waals surface area contributed by atoms with Crippen molar-refractivity contribution in [3.8, 4) is 0 Å². The van der Waals surface area contributed by atoms with Crippen LogP contribution in [0.25, 0.3) is 0 Å². The van der Waals surface area contributed by atoms with Crippen molar-refractivity contribution >= 4 is 29.1 Å². The SMILES string of the molecule is CC(=O)N1CCc2cc(N3C[C@@H](C(=O)NCc4ccc(F)cc4F)CC3=O)ccc21.